The fourth-order valence-corrected chi connectivity index (χ4v) is 2.96. The van der Waals surface area contributed by atoms with Gasteiger partial charge in [0, 0.05) is 6.07 Å². The Hall–Kier alpha value is -1.74. The summed E-state index contributed by atoms with van der Waals surface area (Å²) in [6.07, 6.45) is 0.758. The Morgan fingerprint density at radius 3 is 2.55 bits per heavy atom. The number of rotatable bonds is 7. The van der Waals surface area contributed by atoms with E-state index >= 15 is 0 Å². The summed E-state index contributed by atoms with van der Waals surface area (Å²) in [5.74, 6) is 0.358. The van der Waals surface area contributed by atoms with E-state index in [9.17, 15) is 8.42 Å². The highest BCUT2D eigenvalue weighted by Crippen LogP contribution is 2.30. The summed E-state index contributed by atoms with van der Waals surface area (Å²) in [5, 5.41) is 8.84. The van der Waals surface area contributed by atoms with Gasteiger partial charge in [-0.05, 0) is 25.0 Å². The highest BCUT2D eigenvalue weighted by Gasteiger charge is 2.19. The molecule has 5 nitrogen and oxygen atoms in total. The van der Waals surface area contributed by atoms with Gasteiger partial charge in [0.25, 0.3) is 0 Å². The Morgan fingerprint density at radius 1 is 1.30 bits per heavy atom. The molecule has 0 amide bonds. The number of hydrogen-bond donors (Lipinski definition) is 0. The first kappa shape index (κ1) is 16.3. The monoisotopic (exact) mass is 297 g/mol. The maximum absolute atomic E-state index is 11.9. The maximum Gasteiger partial charge on any atom is 0.309 e. The summed E-state index contributed by atoms with van der Waals surface area (Å²) in [5.41, 5.74) is 0.389. The number of hydrogen-bond acceptors (Lipinski definition) is 5. The molecule has 0 N–H and O–H groups in total. The fourth-order valence-electron chi connectivity index (χ4n) is 1.55. The van der Waals surface area contributed by atoms with Gasteiger partial charge in [0.15, 0.2) is 11.5 Å². The third kappa shape index (κ3) is 4.74. The normalized spacial score (nSPS) is 12.5. The van der Waals surface area contributed by atoms with Crippen LogP contribution in [0.15, 0.2) is 18.2 Å². The van der Waals surface area contributed by atoms with Gasteiger partial charge in [0.1, 0.15) is 0 Å². The zero-order valence-electron chi connectivity index (χ0n) is 11.9. The number of nitriles is 1. The molecule has 20 heavy (non-hydrogen) atoms. The van der Waals surface area contributed by atoms with Gasteiger partial charge in [0.2, 0.25) is 0 Å². The lowest BCUT2D eigenvalue weighted by molar-refractivity contribution is 0.327. The standard InChI is InChI=1S/C14H19NO4S/c1-4-11(3)10-20(16,17)19-13-7-6-12(9-15)8-14(13)18-5-2/h6-8,11H,4-5,10H2,1-3H3/t11-/m1/s1. The van der Waals surface area contributed by atoms with Crippen molar-refractivity contribution < 1.29 is 17.3 Å². The lowest BCUT2D eigenvalue weighted by Gasteiger charge is -2.13. The minimum absolute atomic E-state index is 0.0222. The van der Waals surface area contributed by atoms with E-state index in [2.05, 4.69) is 0 Å². The molecular formula is C14H19NO4S. The molecule has 0 saturated carbocycles. The summed E-state index contributed by atoms with van der Waals surface area (Å²) < 4.78 is 34.3. The maximum atomic E-state index is 11.9. The predicted octanol–water partition coefficient (Wildman–Crippen LogP) is 2.71. The number of benzene rings is 1. The van der Waals surface area contributed by atoms with E-state index in [1.165, 1.54) is 18.2 Å². The largest absolute Gasteiger partial charge is 0.490 e. The predicted molar refractivity (Wildman–Crippen MR) is 76.2 cm³/mol. The van der Waals surface area contributed by atoms with Crippen molar-refractivity contribution in [3.63, 3.8) is 0 Å². The van der Waals surface area contributed by atoms with E-state index in [1.54, 1.807) is 6.92 Å². The Labute approximate surface area is 120 Å². The molecule has 0 aromatic heterocycles. The van der Waals surface area contributed by atoms with Crippen molar-refractivity contribution in [3.8, 4) is 17.6 Å². The van der Waals surface area contributed by atoms with E-state index in [0.717, 1.165) is 6.42 Å². The van der Waals surface area contributed by atoms with Crippen LogP contribution >= 0.6 is 0 Å². The van der Waals surface area contributed by atoms with Crippen LogP contribution in [0.5, 0.6) is 11.5 Å². The van der Waals surface area contributed by atoms with Crippen LogP contribution in [-0.2, 0) is 10.1 Å². The van der Waals surface area contributed by atoms with Gasteiger partial charge in [0.05, 0.1) is 24.0 Å². The Kier molecular flexibility index (Phi) is 5.83. The van der Waals surface area contributed by atoms with E-state index < -0.39 is 10.1 Å². The van der Waals surface area contributed by atoms with Crippen LogP contribution in [0.4, 0.5) is 0 Å². The van der Waals surface area contributed by atoms with Gasteiger partial charge in [-0.2, -0.15) is 13.7 Å². The molecule has 0 bridgehead atoms. The van der Waals surface area contributed by atoms with E-state index in [4.69, 9.17) is 14.2 Å². The molecule has 0 saturated heterocycles. The summed E-state index contributed by atoms with van der Waals surface area (Å²) in [6, 6.07) is 6.38. The Morgan fingerprint density at radius 2 is 2.00 bits per heavy atom. The van der Waals surface area contributed by atoms with Crippen molar-refractivity contribution >= 4 is 10.1 Å². The molecule has 0 unspecified atom stereocenters. The lowest BCUT2D eigenvalue weighted by atomic mass is 10.2. The van der Waals surface area contributed by atoms with Gasteiger partial charge in [-0.3, -0.25) is 0 Å². The van der Waals surface area contributed by atoms with Crippen LogP contribution in [0.2, 0.25) is 0 Å². The van der Waals surface area contributed by atoms with Crippen LogP contribution in [0, 0.1) is 17.2 Å². The van der Waals surface area contributed by atoms with Crippen molar-refractivity contribution in [2.45, 2.75) is 27.2 Å². The molecule has 0 fully saturated rings. The molecule has 0 aliphatic rings. The van der Waals surface area contributed by atoms with E-state index in [-0.39, 0.29) is 23.2 Å². The first-order chi connectivity index (χ1) is 9.41. The first-order valence-electron chi connectivity index (χ1n) is 6.51. The zero-order chi connectivity index (χ0) is 15.2. The number of ether oxygens (including phenoxy) is 1. The summed E-state index contributed by atoms with van der Waals surface area (Å²) >= 11 is 0. The van der Waals surface area contributed by atoms with Crippen LogP contribution in [0.3, 0.4) is 0 Å². The summed E-state index contributed by atoms with van der Waals surface area (Å²) in [7, 11) is -3.67. The molecular weight excluding hydrogens is 278 g/mol. The average Bonchev–Trinajstić information content (AvgIpc) is 2.40. The van der Waals surface area contributed by atoms with E-state index in [1.807, 2.05) is 19.9 Å². The molecule has 0 aliphatic carbocycles. The van der Waals surface area contributed by atoms with E-state index in [0.29, 0.717) is 12.2 Å². The second-order valence-corrected chi connectivity index (χ2v) is 6.14. The molecule has 0 aliphatic heterocycles. The SMILES string of the molecule is CCOc1cc(C#N)ccc1OS(=O)(=O)C[C@H](C)CC. The Balaban J connectivity index is 2.99. The quantitative estimate of drug-likeness (QED) is 0.723. The highest BCUT2D eigenvalue weighted by atomic mass is 32.2. The topological polar surface area (TPSA) is 76.4 Å². The minimum Gasteiger partial charge on any atom is -0.490 e. The molecule has 0 radical (unpaired) electrons. The van der Waals surface area contributed by atoms with Crippen LogP contribution in [-0.4, -0.2) is 20.8 Å². The average molecular weight is 297 g/mol. The zero-order valence-corrected chi connectivity index (χ0v) is 12.7. The molecule has 1 rings (SSSR count). The summed E-state index contributed by atoms with van der Waals surface area (Å²) in [6.45, 7) is 5.91. The molecule has 110 valence electrons. The highest BCUT2D eigenvalue weighted by molar-refractivity contribution is 7.87. The third-order valence-electron chi connectivity index (χ3n) is 2.77. The smallest absolute Gasteiger partial charge is 0.309 e. The minimum atomic E-state index is -3.67. The van der Waals surface area contributed by atoms with Crippen molar-refractivity contribution in [2.24, 2.45) is 5.92 Å². The molecule has 1 aromatic carbocycles. The van der Waals surface area contributed by atoms with Crippen molar-refractivity contribution in [3.05, 3.63) is 23.8 Å². The number of nitrogens with zero attached hydrogens (tertiary/aromatic N) is 1. The molecule has 6 heteroatoms. The molecule has 1 aromatic rings. The van der Waals surface area contributed by atoms with Crippen LogP contribution < -0.4 is 8.92 Å². The first-order valence-corrected chi connectivity index (χ1v) is 8.08. The van der Waals surface area contributed by atoms with Crippen molar-refractivity contribution in [1.29, 1.82) is 5.26 Å². The fraction of sp³-hybridized carbons (Fsp3) is 0.500. The van der Waals surface area contributed by atoms with Gasteiger partial charge in [-0.1, -0.05) is 20.3 Å². The van der Waals surface area contributed by atoms with Gasteiger partial charge < -0.3 is 8.92 Å². The molecule has 0 heterocycles. The summed E-state index contributed by atoms with van der Waals surface area (Å²) in [4.78, 5) is 0. The van der Waals surface area contributed by atoms with Gasteiger partial charge >= 0.3 is 10.1 Å². The van der Waals surface area contributed by atoms with Gasteiger partial charge in [-0.15, -0.1) is 0 Å². The van der Waals surface area contributed by atoms with Crippen molar-refractivity contribution in [1.82, 2.24) is 0 Å². The van der Waals surface area contributed by atoms with Crippen molar-refractivity contribution in [2.75, 3.05) is 12.4 Å². The third-order valence-corrected chi connectivity index (χ3v) is 4.19. The second kappa shape index (κ2) is 7.15. The van der Waals surface area contributed by atoms with Crippen LogP contribution in [0.25, 0.3) is 0 Å². The second-order valence-electron chi connectivity index (χ2n) is 4.53. The molecule has 0 spiro atoms. The lowest BCUT2D eigenvalue weighted by Crippen LogP contribution is -2.19. The van der Waals surface area contributed by atoms with Gasteiger partial charge in [-0.25, -0.2) is 0 Å². The molecule has 1 atom stereocenters. The Bertz CT molecular complexity index is 590. The van der Waals surface area contributed by atoms with Crippen LogP contribution in [0.1, 0.15) is 32.8 Å².